The number of carboxylic acid groups (broad SMARTS) is 1. The van der Waals surface area contributed by atoms with Crippen LogP contribution in [0.15, 0.2) is 33.5 Å². The molecule has 0 heterocycles. The van der Waals surface area contributed by atoms with Gasteiger partial charge in [0.05, 0.1) is 15.3 Å². The second-order valence-electron chi connectivity index (χ2n) is 2.82. The van der Waals surface area contributed by atoms with Gasteiger partial charge in [0.1, 0.15) is 0 Å². The van der Waals surface area contributed by atoms with Gasteiger partial charge in [-0.05, 0) is 24.3 Å². The number of rotatable bonds is 2. The average molecular weight is 224 g/mol. The van der Waals surface area contributed by atoms with Crippen LogP contribution in [0.5, 0.6) is 0 Å². The van der Waals surface area contributed by atoms with Crippen LogP contribution in [-0.2, 0) is 9.73 Å². The van der Waals surface area contributed by atoms with Crippen LogP contribution in [0.4, 0.5) is 0 Å². The number of nitriles is 1. The van der Waals surface area contributed by atoms with Crippen molar-refractivity contribution in [3.05, 3.63) is 29.8 Å². The molecule has 1 unspecified atom stereocenters. The summed E-state index contributed by atoms with van der Waals surface area (Å²) in [6.45, 7) is 0. The molecule has 0 saturated heterocycles. The van der Waals surface area contributed by atoms with E-state index in [2.05, 4.69) is 4.36 Å². The predicted octanol–water partition coefficient (Wildman–Crippen LogP) is 1.32. The lowest BCUT2D eigenvalue weighted by molar-refractivity contribution is 0.0697. The summed E-state index contributed by atoms with van der Waals surface area (Å²) in [6, 6.07) is 5.45. The van der Waals surface area contributed by atoms with Gasteiger partial charge in [-0.1, -0.05) is 0 Å². The standard InChI is InChI=1S/C9H8N2O3S/c1-15(14,11-6-10)8-4-2-7(3-5-8)9(12)13/h2-5H,1H3,(H,12,13). The molecule has 0 aromatic heterocycles. The number of carbonyl (C=O) groups is 1. The van der Waals surface area contributed by atoms with Crippen molar-refractivity contribution in [2.75, 3.05) is 6.26 Å². The van der Waals surface area contributed by atoms with Gasteiger partial charge in [0.15, 0.2) is 0 Å². The number of nitrogens with zero attached hydrogens (tertiary/aromatic N) is 2. The normalized spacial score (nSPS) is 13.6. The lowest BCUT2D eigenvalue weighted by Gasteiger charge is -2.01. The summed E-state index contributed by atoms with van der Waals surface area (Å²) in [7, 11) is -2.73. The molecule has 15 heavy (non-hydrogen) atoms. The highest BCUT2D eigenvalue weighted by molar-refractivity contribution is 7.93. The van der Waals surface area contributed by atoms with Gasteiger partial charge in [-0.3, -0.25) is 0 Å². The Bertz CT molecular complexity index is 533. The number of benzene rings is 1. The van der Waals surface area contributed by atoms with Crippen LogP contribution in [0.3, 0.4) is 0 Å². The van der Waals surface area contributed by atoms with Gasteiger partial charge < -0.3 is 5.11 Å². The SMILES string of the molecule is CS(=O)(=NC#N)c1ccc(C(=O)O)cc1. The van der Waals surface area contributed by atoms with Crippen molar-refractivity contribution in [2.45, 2.75) is 4.90 Å². The molecule has 0 spiro atoms. The zero-order valence-electron chi connectivity index (χ0n) is 7.88. The van der Waals surface area contributed by atoms with Crippen LogP contribution >= 0.6 is 0 Å². The van der Waals surface area contributed by atoms with Gasteiger partial charge in [-0.2, -0.15) is 5.26 Å². The summed E-state index contributed by atoms with van der Waals surface area (Å²) in [5.41, 5.74) is 0.103. The van der Waals surface area contributed by atoms with Crippen LogP contribution in [0.1, 0.15) is 10.4 Å². The fourth-order valence-corrected chi connectivity index (χ4v) is 1.88. The van der Waals surface area contributed by atoms with Crippen molar-refractivity contribution in [1.82, 2.24) is 0 Å². The Kier molecular flexibility index (Phi) is 3.07. The number of hydrogen-bond acceptors (Lipinski definition) is 4. The Morgan fingerprint density at radius 2 is 2.00 bits per heavy atom. The largest absolute Gasteiger partial charge is 0.478 e. The molecule has 1 aromatic rings. The van der Waals surface area contributed by atoms with Crippen LogP contribution in [0.2, 0.25) is 0 Å². The molecule has 1 rings (SSSR count). The second kappa shape index (κ2) is 4.11. The molecular formula is C9H8N2O3S. The van der Waals surface area contributed by atoms with Crippen LogP contribution in [-0.4, -0.2) is 21.5 Å². The highest BCUT2D eigenvalue weighted by Crippen LogP contribution is 2.12. The monoisotopic (exact) mass is 224 g/mol. The highest BCUT2D eigenvalue weighted by Gasteiger charge is 2.07. The average Bonchev–Trinajstić information content (AvgIpc) is 2.18. The van der Waals surface area contributed by atoms with Gasteiger partial charge in [0, 0.05) is 11.2 Å². The van der Waals surface area contributed by atoms with Gasteiger partial charge >= 0.3 is 5.97 Å². The quantitative estimate of drug-likeness (QED) is 0.767. The maximum Gasteiger partial charge on any atom is 0.335 e. The summed E-state index contributed by atoms with van der Waals surface area (Å²) >= 11 is 0. The van der Waals surface area contributed by atoms with Crippen molar-refractivity contribution >= 4 is 15.7 Å². The van der Waals surface area contributed by atoms with Crippen molar-refractivity contribution in [1.29, 1.82) is 5.26 Å². The molecule has 0 saturated carbocycles. The van der Waals surface area contributed by atoms with E-state index in [9.17, 15) is 9.00 Å². The number of carboxylic acids is 1. The molecule has 0 fully saturated rings. The first kappa shape index (κ1) is 11.2. The summed E-state index contributed by atoms with van der Waals surface area (Å²) in [5.74, 6) is -1.05. The Hall–Kier alpha value is -1.87. The van der Waals surface area contributed by atoms with Crippen LogP contribution in [0, 0.1) is 11.5 Å². The van der Waals surface area contributed by atoms with Crippen molar-refractivity contribution < 1.29 is 14.1 Å². The Balaban J connectivity index is 3.23. The van der Waals surface area contributed by atoms with Gasteiger partial charge in [-0.15, -0.1) is 4.36 Å². The molecule has 1 aromatic carbocycles. The molecule has 1 N–H and O–H groups in total. The van der Waals surface area contributed by atoms with E-state index >= 15 is 0 Å². The molecule has 0 aliphatic rings. The van der Waals surface area contributed by atoms with E-state index in [0.717, 1.165) is 0 Å². The molecule has 0 aliphatic carbocycles. The molecule has 0 aliphatic heterocycles. The molecule has 1 atom stereocenters. The molecule has 0 amide bonds. The summed E-state index contributed by atoms with van der Waals surface area (Å²) < 4.78 is 15.0. The van der Waals surface area contributed by atoms with E-state index in [4.69, 9.17) is 10.4 Å². The van der Waals surface area contributed by atoms with Crippen LogP contribution in [0.25, 0.3) is 0 Å². The Morgan fingerprint density at radius 3 is 2.40 bits per heavy atom. The smallest absolute Gasteiger partial charge is 0.335 e. The van der Waals surface area contributed by atoms with E-state index < -0.39 is 15.7 Å². The van der Waals surface area contributed by atoms with E-state index in [0.29, 0.717) is 4.90 Å². The third-order valence-electron chi connectivity index (χ3n) is 1.75. The van der Waals surface area contributed by atoms with E-state index in [1.807, 2.05) is 0 Å². The van der Waals surface area contributed by atoms with Crippen molar-refractivity contribution in [2.24, 2.45) is 4.36 Å². The predicted molar refractivity (Wildman–Crippen MR) is 53.8 cm³/mol. The van der Waals surface area contributed by atoms with E-state index in [-0.39, 0.29) is 5.56 Å². The van der Waals surface area contributed by atoms with Crippen LogP contribution < -0.4 is 0 Å². The first-order valence-electron chi connectivity index (χ1n) is 3.91. The Morgan fingerprint density at radius 1 is 1.47 bits per heavy atom. The van der Waals surface area contributed by atoms with Gasteiger partial charge in [0.2, 0.25) is 6.19 Å². The lowest BCUT2D eigenvalue weighted by atomic mass is 10.2. The van der Waals surface area contributed by atoms with Crippen molar-refractivity contribution in [3.63, 3.8) is 0 Å². The molecule has 6 heteroatoms. The zero-order chi connectivity index (χ0) is 11.5. The number of aromatic carboxylic acids is 1. The fraction of sp³-hybridized carbons (Fsp3) is 0.111. The zero-order valence-corrected chi connectivity index (χ0v) is 8.69. The first-order chi connectivity index (χ1) is 6.97. The molecule has 78 valence electrons. The number of hydrogen-bond donors (Lipinski definition) is 1. The highest BCUT2D eigenvalue weighted by atomic mass is 32.2. The summed E-state index contributed by atoms with van der Waals surface area (Å²) in [4.78, 5) is 10.9. The Labute approximate surface area is 87.2 Å². The van der Waals surface area contributed by atoms with E-state index in [1.54, 1.807) is 0 Å². The van der Waals surface area contributed by atoms with Crippen molar-refractivity contribution in [3.8, 4) is 6.19 Å². The molecule has 0 radical (unpaired) electrons. The lowest BCUT2D eigenvalue weighted by Crippen LogP contribution is -1.99. The maximum atomic E-state index is 11.7. The minimum atomic E-state index is -2.73. The fourth-order valence-electron chi connectivity index (χ4n) is 0.981. The third kappa shape index (κ3) is 2.54. The third-order valence-corrected chi connectivity index (χ3v) is 3.33. The second-order valence-corrected chi connectivity index (χ2v) is 5.08. The maximum absolute atomic E-state index is 11.7. The van der Waals surface area contributed by atoms with Gasteiger partial charge in [0.25, 0.3) is 0 Å². The topological polar surface area (TPSA) is 90.5 Å². The van der Waals surface area contributed by atoms with E-state index in [1.165, 1.54) is 36.7 Å². The summed E-state index contributed by atoms with van der Waals surface area (Å²) in [5, 5.41) is 17.0. The minimum absolute atomic E-state index is 0.103. The minimum Gasteiger partial charge on any atom is -0.478 e. The van der Waals surface area contributed by atoms with Gasteiger partial charge in [-0.25, -0.2) is 9.00 Å². The molecule has 5 nitrogen and oxygen atoms in total. The first-order valence-corrected chi connectivity index (χ1v) is 5.83. The molecular weight excluding hydrogens is 216 g/mol. The molecule has 0 bridgehead atoms. The summed E-state index contributed by atoms with van der Waals surface area (Å²) in [6.07, 6.45) is 2.80.